The van der Waals surface area contributed by atoms with E-state index in [9.17, 15) is 9.59 Å². The van der Waals surface area contributed by atoms with E-state index in [1.165, 1.54) is 0 Å². The molecule has 0 heterocycles. The van der Waals surface area contributed by atoms with Crippen molar-refractivity contribution in [1.29, 1.82) is 0 Å². The van der Waals surface area contributed by atoms with Crippen LogP contribution in [0.5, 0.6) is 0 Å². The standard InChI is InChI=1S/C18H25BrN2O2/c1-4-10-21(11-5-2)17(23)18(8-9-18)16(22)20-15-7-6-14(19)12-13(15)3/h6-7,12H,4-5,8-11H2,1-3H3,(H,20,22). The molecule has 0 saturated heterocycles. The summed E-state index contributed by atoms with van der Waals surface area (Å²) in [6, 6.07) is 5.72. The first-order valence-corrected chi connectivity index (χ1v) is 9.11. The lowest BCUT2D eigenvalue weighted by atomic mass is 10.0. The third kappa shape index (κ3) is 3.94. The molecule has 1 aromatic carbocycles. The Bertz CT molecular complexity index is 591. The Hall–Kier alpha value is -1.36. The molecule has 0 bridgehead atoms. The number of rotatable bonds is 7. The number of nitrogens with one attached hydrogen (secondary N) is 1. The van der Waals surface area contributed by atoms with Crippen molar-refractivity contribution < 1.29 is 9.59 Å². The molecule has 1 aromatic rings. The highest BCUT2D eigenvalue weighted by atomic mass is 79.9. The van der Waals surface area contributed by atoms with E-state index in [0.29, 0.717) is 12.8 Å². The molecule has 1 aliphatic rings. The summed E-state index contributed by atoms with van der Waals surface area (Å²) >= 11 is 3.42. The van der Waals surface area contributed by atoms with Gasteiger partial charge >= 0.3 is 0 Å². The van der Waals surface area contributed by atoms with Crippen molar-refractivity contribution in [3.05, 3.63) is 28.2 Å². The zero-order valence-corrected chi connectivity index (χ0v) is 15.7. The Labute approximate surface area is 146 Å². The Morgan fingerprint density at radius 3 is 2.30 bits per heavy atom. The van der Waals surface area contributed by atoms with Gasteiger partial charge in [0, 0.05) is 23.2 Å². The average molecular weight is 381 g/mol. The molecular weight excluding hydrogens is 356 g/mol. The lowest BCUT2D eigenvalue weighted by Crippen LogP contribution is -2.43. The molecule has 1 saturated carbocycles. The fraction of sp³-hybridized carbons (Fsp3) is 0.556. The van der Waals surface area contributed by atoms with Crippen molar-refractivity contribution in [2.75, 3.05) is 18.4 Å². The van der Waals surface area contributed by atoms with E-state index >= 15 is 0 Å². The zero-order valence-electron chi connectivity index (χ0n) is 14.1. The lowest BCUT2D eigenvalue weighted by Gasteiger charge is -2.26. The van der Waals surface area contributed by atoms with E-state index < -0.39 is 5.41 Å². The number of aryl methyl sites for hydroxylation is 1. The van der Waals surface area contributed by atoms with Crippen LogP contribution in [0.3, 0.4) is 0 Å². The van der Waals surface area contributed by atoms with Crippen LogP contribution in [-0.2, 0) is 9.59 Å². The molecule has 5 heteroatoms. The van der Waals surface area contributed by atoms with Gasteiger partial charge in [-0.3, -0.25) is 9.59 Å². The van der Waals surface area contributed by atoms with Gasteiger partial charge in [0.1, 0.15) is 5.41 Å². The number of carbonyl (C=O) groups excluding carboxylic acids is 2. The van der Waals surface area contributed by atoms with Gasteiger partial charge in [0.2, 0.25) is 11.8 Å². The summed E-state index contributed by atoms with van der Waals surface area (Å²) < 4.78 is 0.974. The van der Waals surface area contributed by atoms with Crippen LogP contribution < -0.4 is 5.32 Å². The van der Waals surface area contributed by atoms with Gasteiger partial charge in [0.25, 0.3) is 0 Å². The first-order valence-electron chi connectivity index (χ1n) is 8.31. The van der Waals surface area contributed by atoms with Gasteiger partial charge in [-0.25, -0.2) is 0 Å². The van der Waals surface area contributed by atoms with Gasteiger partial charge in [-0.15, -0.1) is 0 Å². The van der Waals surface area contributed by atoms with Crippen LogP contribution in [-0.4, -0.2) is 29.8 Å². The van der Waals surface area contributed by atoms with Crippen molar-refractivity contribution in [3.63, 3.8) is 0 Å². The summed E-state index contributed by atoms with van der Waals surface area (Å²) in [7, 11) is 0. The van der Waals surface area contributed by atoms with Crippen molar-refractivity contribution in [2.24, 2.45) is 5.41 Å². The smallest absolute Gasteiger partial charge is 0.240 e. The molecule has 0 unspecified atom stereocenters. The summed E-state index contributed by atoms with van der Waals surface area (Å²) in [6.45, 7) is 7.50. The van der Waals surface area contributed by atoms with Crippen LogP contribution >= 0.6 is 15.9 Å². The highest BCUT2D eigenvalue weighted by Gasteiger charge is 2.57. The van der Waals surface area contributed by atoms with Crippen LogP contribution in [0, 0.1) is 12.3 Å². The largest absolute Gasteiger partial charge is 0.342 e. The maximum absolute atomic E-state index is 12.8. The third-order valence-corrected chi connectivity index (χ3v) is 4.80. The van der Waals surface area contributed by atoms with Gasteiger partial charge in [0.15, 0.2) is 0 Å². The van der Waals surface area contributed by atoms with E-state index in [1.807, 2.05) is 30.0 Å². The number of hydrogen-bond acceptors (Lipinski definition) is 2. The fourth-order valence-corrected chi connectivity index (χ4v) is 3.31. The summed E-state index contributed by atoms with van der Waals surface area (Å²) in [4.78, 5) is 27.4. The van der Waals surface area contributed by atoms with Gasteiger partial charge in [0.05, 0.1) is 0 Å². The number of anilines is 1. The molecule has 1 fully saturated rings. The predicted octanol–water partition coefficient (Wildman–Crippen LogP) is 4.12. The molecule has 2 amide bonds. The summed E-state index contributed by atoms with van der Waals surface area (Å²) in [5.41, 5.74) is 0.911. The average Bonchev–Trinajstić information content (AvgIpc) is 3.31. The molecule has 1 aliphatic carbocycles. The second kappa shape index (κ2) is 7.47. The van der Waals surface area contributed by atoms with Crippen LogP contribution in [0.15, 0.2) is 22.7 Å². The number of amides is 2. The second-order valence-corrected chi connectivity index (χ2v) is 7.20. The van der Waals surface area contributed by atoms with Gasteiger partial charge < -0.3 is 10.2 Å². The Balaban J connectivity index is 2.12. The Morgan fingerprint density at radius 2 is 1.83 bits per heavy atom. The minimum atomic E-state index is -0.843. The van der Waals surface area contributed by atoms with Crippen molar-refractivity contribution in [3.8, 4) is 0 Å². The molecule has 1 N–H and O–H groups in total. The minimum Gasteiger partial charge on any atom is -0.342 e. The van der Waals surface area contributed by atoms with Gasteiger partial charge in [-0.05, 0) is 56.4 Å². The highest BCUT2D eigenvalue weighted by molar-refractivity contribution is 9.10. The van der Waals surface area contributed by atoms with E-state index in [2.05, 4.69) is 35.1 Å². The molecule has 23 heavy (non-hydrogen) atoms. The molecule has 0 spiro atoms. The molecular formula is C18H25BrN2O2. The fourth-order valence-electron chi connectivity index (χ4n) is 2.83. The number of hydrogen-bond donors (Lipinski definition) is 1. The first kappa shape index (κ1) is 18.0. The molecule has 0 aromatic heterocycles. The maximum atomic E-state index is 12.8. The Kier molecular flexibility index (Phi) is 5.84. The topological polar surface area (TPSA) is 49.4 Å². The molecule has 126 valence electrons. The van der Waals surface area contributed by atoms with E-state index in [1.54, 1.807) is 0 Å². The lowest BCUT2D eigenvalue weighted by molar-refractivity contribution is -0.142. The third-order valence-electron chi connectivity index (χ3n) is 4.30. The second-order valence-electron chi connectivity index (χ2n) is 6.29. The van der Waals surface area contributed by atoms with Crippen molar-refractivity contribution in [2.45, 2.75) is 46.5 Å². The van der Waals surface area contributed by atoms with E-state index in [0.717, 1.165) is 41.7 Å². The van der Waals surface area contributed by atoms with Crippen LogP contribution in [0.2, 0.25) is 0 Å². The SMILES string of the molecule is CCCN(CCC)C(=O)C1(C(=O)Nc2ccc(Br)cc2C)CC1. The van der Waals surface area contributed by atoms with E-state index in [4.69, 9.17) is 0 Å². The maximum Gasteiger partial charge on any atom is 0.240 e. The number of benzene rings is 1. The molecule has 2 rings (SSSR count). The number of nitrogens with zero attached hydrogens (tertiary/aromatic N) is 1. The monoisotopic (exact) mass is 380 g/mol. The molecule has 0 aliphatic heterocycles. The minimum absolute atomic E-state index is 0.00605. The molecule has 4 nitrogen and oxygen atoms in total. The quantitative estimate of drug-likeness (QED) is 0.723. The van der Waals surface area contributed by atoms with Crippen molar-refractivity contribution >= 4 is 33.4 Å². The normalized spacial score (nSPS) is 15.1. The van der Waals surface area contributed by atoms with Crippen LogP contribution in [0.25, 0.3) is 0 Å². The van der Waals surface area contributed by atoms with Gasteiger partial charge in [-0.1, -0.05) is 29.8 Å². The number of carbonyl (C=O) groups is 2. The van der Waals surface area contributed by atoms with Crippen LogP contribution in [0.4, 0.5) is 5.69 Å². The summed E-state index contributed by atoms with van der Waals surface area (Å²) in [5.74, 6) is -0.168. The zero-order chi connectivity index (χ0) is 17.0. The Morgan fingerprint density at radius 1 is 1.22 bits per heavy atom. The van der Waals surface area contributed by atoms with Crippen LogP contribution in [0.1, 0.15) is 45.1 Å². The molecule has 0 radical (unpaired) electrons. The number of halogens is 1. The first-order chi connectivity index (χ1) is 10.9. The van der Waals surface area contributed by atoms with Crippen molar-refractivity contribution in [1.82, 2.24) is 4.90 Å². The summed E-state index contributed by atoms with van der Waals surface area (Å²) in [6.07, 6.45) is 3.12. The highest BCUT2D eigenvalue weighted by Crippen LogP contribution is 2.48. The molecule has 0 atom stereocenters. The summed E-state index contributed by atoms with van der Waals surface area (Å²) in [5, 5.41) is 2.95. The predicted molar refractivity (Wildman–Crippen MR) is 96.3 cm³/mol. The van der Waals surface area contributed by atoms with Gasteiger partial charge in [-0.2, -0.15) is 0 Å². The van der Waals surface area contributed by atoms with E-state index in [-0.39, 0.29) is 11.8 Å².